The second-order valence-corrected chi connectivity index (χ2v) is 10.2. The van der Waals surface area contributed by atoms with Crippen molar-refractivity contribution in [2.45, 2.75) is 57.5 Å². The van der Waals surface area contributed by atoms with Crippen molar-refractivity contribution in [3.05, 3.63) is 65.7 Å². The zero-order valence-corrected chi connectivity index (χ0v) is 22.2. The van der Waals surface area contributed by atoms with E-state index in [4.69, 9.17) is 17.2 Å². The highest BCUT2D eigenvalue weighted by Gasteiger charge is 2.26. The lowest BCUT2D eigenvalue weighted by atomic mass is 9.87. The smallest absolute Gasteiger partial charge is 0.246 e. The fourth-order valence-electron chi connectivity index (χ4n) is 3.87. The molecule has 0 saturated heterocycles. The molecule has 0 radical (unpaired) electrons. The van der Waals surface area contributed by atoms with Crippen LogP contribution in [0.2, 0.25) is 0 Å². The van der Waals surface area contributed by atoms with Crippen LogP contribution < -0.4 is 27.8 Å². The number of nitrogens with zero attached hydrogens (tertiary/aromatic N) is 1. The highest BCUT2D eigenvalue weighted by Crippen LogP contribution is 2.23. The molecule has 0 spiro atoms. The maximum Gasteiger partial charge on any atom is 0.246 e. The number of benzene rings is 2. The molecule has 0 aliphatic rings. The van der Waals surface area contributed by atoms with E-state index in [1.54, 1.807) is 0 Å². The molecule has 0 aliphatic carbocycles. The molecule has 202 valence electrons. The number of carbonyl (C=O) groups excluding carboxylic acids is 3. The van der Waals surface area contributed by atoms with Crippen LogP contribution in [0.3, 0.4) is 0 Å². The summed E-state index contributed by atoms with van der Waals surface area (Å²) in [7, 11) is 0. The fraction of sp³-hybridized carbons (Fsp3) is 0.464. The molecule has 2 unspecified atom stereocenters. The van der Waals surface area contributed by atoms with Gasteiger partial charge >= 0.3 is 0 Å². The quantitative estimate of drug-likeness (QED) is 0.275. The van der Waals surface area contributed by atoms with Crippen LogP contribution >= 0.6 is 0 Å². The maximum absolute atomic E-state index is 13.2. The van der Waals surface area contributed by atoms with Gasteiger partial charge in [0.05, 0.1) is 12.5 Å². The van der Waals surface area contributed by atoms with E-state index >= 15 is 0 Å². The SMILES string of the molecule is CC(C)(C)c1ccc(NC(=O)C(CCc2ccccc2)NC(=O)C(N)CC(=O)N(CCN)CCN)cc1. The molecule has 2 aromatic carbocycles. The zero-order valence-electron chi connectivity index (χ0n) is 22.2. The van der Waals surface area contributed by atoms with E-state index < -0.39 is 18.0 Å². The van der Waals surface area contributed by atoms with E-state index in [0.29, 0.717) is 31.6 Å². The topological polar surface area (TPSA) is 157 Å². The van der Waals surface area contributed by atoms with Gasteiger partial charge in [0, 0.05) is 31.9 Å². The largest absolute Gasteiger partial charge is 0.343 e. The first-order valence-corrected chi connectivity index (χ1v) is 12.7. The highest BCUT2D eigenvalue weighted by atomic mass is 16.2. The Morgan fingerprint density at radius 1 is 0.892 bits per heavy atom. The average Bonchev–Trinajstić information content (AvgIpc) is 2.86. The summed E-state index contributed by atoms with van der Waals surface area (Å²) in [6.45, 7) is 7.59. The molecule has 2 aromatic rings. The number of nitrogens with one attached hydrogen (secondary N) is 2. The standard InChI is InChI=1S/C28H42N6O3/c1-28(2,3)21-10-12-22(13-11-21)32-27(37)24(14-9-20-7-5-4-6-8-20)33-26(36)23(31)19-25(35)34(17-15-29)18-16-30/h4-8,10-13,23-24H,9,14-19,29-31H2,1-3H3,(H,32,37)(H,33,36). The predicted molar refractivity (Wildman–Crippen MR) is 148 cm³/mol. The van der Waals surface area contributed by atoms with E-state index in [2.05, 4.69) is 31.4 Å². The molecule has 9 nitrogen and oxygen atoms in total. The Hall–Kier alpha value is -3.27. The maximum atomic E-state index is 13.2. The third-order valence-electron chi connectivity index (χ3n) is 6.10. The van der Waals surface area contributed by atoms with Gasteiger partial charge in [-0.05, 0) is 41.5 Å². The second kappa shape index (κ2) is 14.5. The molecule has 3 amide bonds. The summed E-state index contributed by atoms with van der Waals surface area (Å²) < 4.78 is 0. The molecule has 0 saturated carbocycles. The van der Waals surface area contributed by atoms with Crippen LogP contribution in [0.25, 0.3) is 0 Å². The first-order chi connectivity index (χ1) is 17.5. The molecule has 0 aliphatic heterocycles. The van der Waals surface area contributed by atoms with Crippen molar-refractivity contribution in [2.24, 2.45) is 17.2 Å². The van der Waals surface area contributed by atoms with Crippen LogP contribution in [0.15, 0.2) is 54.6 Å². The van der Waals surface area contributed by atoms with Crippen LogP contribution in [-0.4, -0.2) is 60.9 Å². The predicted octanol–water partition coefficient (Wildman–Crippen LogP) is 1.50. The molecule has 2 atom stereocenters. The van der Waals surface area contributed by atoms with E-state index in [1.165, 1.54) is 4.90 Å². The number of hydrogen-bond acceptors (Lipinski definition) is 6. The Labute approximate surface area is 220 Å². The number of hydrogen-bond donors (Lipinski definition) is 5. The van der Waals surface area contributed by atoms with Gasteiger partial charge in [-0.15, -0.1) is 0 Å². The van der Waals surface area contributed by atoms with Gasteiger partial charge in [0.2, 0.25) is 17.7 Å². The van der Waals surface area contributed by atoms with Gasteiger partial charge in [0.25, 0.3) is 0 Å². The minimum Gasteiger partial charge on any atom is -0.343 e. The van der Waals surface area contributed by atoms with Gasteiger partial charge in [0.15, 0.2) is 0 Å². The molecule has 0 bridgehead atoms. The van der Waals surface area contributed by atoms with E-state index in [9.17, 15) is 14.4 Å². The Morgan fingerprint density at radius 2 is 1.49 bits per heavy atom. The zero-order chi connectivity index (χ0) is 27.4. The van der Waals surface area contributed by atoms with E-state index in [1.807, 2.05) is 54.6 Å². The van der Waals surface area contributed by atoms with Crippen LogP contribution in [0, 0.1) is 0 Å². The van der Waals surface area contributed by atoms with Crippen molar-refractivity contribution >= 4 is 23.4 Å². The van der Waals surface area contributed by atoms with Crippen molar-refractivity contribution in [2.75, 3.05) is 31.5 Å². The number of carbonyl (C=O) groups is 3. The monoisotopic (exact) mass is 510 g/mol. The highest BCUT2D eigenvalue weighted by molar-refractivity contribution is 5.98. The van der Waals surface area contributed by atoms with E-state index in [0.717, 1.165) is 11.1 Å². The molecule has 0 aromatic heterocycles. The summed E-state index contributed by atoms with van der Waals surface area (Å²) in [5, 5.41) is 5.65. The van der Waals surface area contributed by atoms with Gasteiger partial charge in [-0.3, -0.25) is 14.4 Å². The van der Waals surface area contributed by atoms with Crippen molar-refractivity contribution < 1.29 is 14.4 Å². The summed E-state index contributed by atoms with van der Waals surface area (Å²) in [4.78, 5) is 40.2. The lowest BCUT2D eigenvalue weighted by molar-refractivity contribution is -0.134. The number of nitrogens with two attached hydrogens (primary N) is 3. The number of rotatable bonds is 13. The van der Waals surface area contributed by atoms with Gasteiger partial charge in [0.1, 0.15) is 6.04 Å². The van der Waals surface area contributed by atoms with Crippen LogP contribution in [0.5, 0.6) is 0 Å². The molecular weight excluding hydrogens is 468 g/mol. The molecular formula is C28H42N6O3. The van der Waals surface area contributed by atoms with Gasteiger partial charge < -0.3 is 32.7 Å². The summed E-state index contributed by atoms with van der Waals surface area (Å²) in [6, 6.07) is 15.4. The van der Waals surface area contributed by atoms with Gasteiger partial charge in [-0.25, -0.2) is 0 Å². The van der Waals surface area contributed by atoms with E-state index in [-0.39, 0.29) is 36.7 Å². The van der Waals surface area contributed by atoms with Crippen molar-refractivity contribution in [3.63, 3.8) is 0 Å². The summed E-state index contributed by atoms with van der Waals surface area (Å²) in [6.07, 6.45) is 0.749. The Kier molecular flexibility index (Phi) is 11.7. The minimum absolute atomic E-state index is 0.00775. The van der Waals surface area contributed by atoms with Crippen molar-refractivity contribution in [1.82, 2.24) is 10.2 Å². The first-order valence-electron chi connectivity index (χ1n) is 12.7. The number of aryl methyl sites for hydroxylation is 1. The Bertz CT molecular complexity index is 999. The third-order valence-corrected chi connectivity index (χ3v) is 6.10. The Morgan fingerprint density at radius 3 is 2.03 bits per heavy atom. The molecule has 0 heterocycles. The summed E-state index contributed by atoms with van der Waals surface area (Å²) >= 11 is 0. The lowest BCUT2D eigenvalue weighted by Crippen LogP contribution is -2.52. The average molecular weight is 511 g/mol. The van der Waals surface area contributed by atoms with Crippen LogP contribution in [0.1, 0.15) is 44.7 Å². The molecule has 9 heteroatoms. The number of amides is 3. The van der Waals surface area contributed by atoms with Crippen LogP contribution in [0.4, 0.5) is 5.69 Å². The fourth-order valence-corrected chi connectivity index (χ4v) is 3.87. The van der Waals surface area contributed by atoms with Crippen molar-refractivity contribution in [1.29, 1.82) is 0 Å². The molecule has 2 rings (SSSR count). The second-order valence-electron chi connectivity index (χ2n) is 10.2. The summed E-state index contributed by atoms with van der Waals surface area (Å²) in [5.41, 5.74) is 20.0. The molecule has 8 N–H and O–H groups in total. The van der Waals surface area contributed by atoms with Crippen LogP contribution in [-0.2, 0) is 26.2 Å². The molecule has 37 heavy (non-hydrogen) atoms. The normalized spacial score (nSPS) is 12.9. The molecule has 0 fully saturated rings. The van der Waals surface area contributed by atoms with Crippen molar-refractivity contribution in [3.8, 4) is 0 Å². The third kappa shape index (κ3) is 9.95. The van der Waals surface area contributed by atoms with Gasteiger partial charge in [-0.2, -0.15) is 0 Å². The number of anilines is 1. The van der Waals surface area contributed by atoms with Gasteiger partial charge in [-0.1, -0.05) is 63.2 Å². The summed E-state index contributed by atoms with van der Waals surface area (Å²) in [5.74, 6) is -1.22. The first kappa shape index (κ1) is 30.0. The lowest BCUT2D eigenvalue weighted by Gasteiger charge is -2.24. The Balaban J connectivity index is 2.10. The minimum atomic E-state index is -1.11.